The summed E-state index contributed by atoms with van der Waals surface area (Å²) in [6.07, 6.45) is 4.89. The van der Waals surface area contributed by atoms with E-state index < -0.39 is 0 Å². The molecule has 166 valence electrons. The molecule has 0 N–H and O–H groups in total. The second-order valence-corrected chi connectivity index (χ2v) is 10.5. The Morgan fingerprint density at radius 1 is 1.03 bits per heavy atom. The number of unbranched alkanes of at least 4 members (excludes halogenated alkanes) is 3. The Bertz CT molecular complexity index is 760. The predicted octanol–water partition coefficient (Wildman–Crippen LogP) is 5.64. The van der Waals surface area contributed by atoms with Crippen LogP contribution in [-0.2, 0) is 0 Å². The summed E-state index contributed by atoms with van der Waals surface area (Å²) in [5.41, 5.74) is 1.80. The maximum atomic E-state index is 12.9. The molecule has 0 spiro atoms. The molecule has 4 nitrogen and oxygen atoms in total. The smallest absolute Gasteiger partial charge is 0.205 e. The molecule has 0 atom stereocenters. The molecule has 2 aromatic heterocycles. The number of thioether (sulfide) groups is 1. The summed E-state index contributed by atoms with van der Waals surface area (Å²) in [6, 6.07) is 7.80. The minimum atomic E-state index is 0.0936. The van der Waals surface area contributed by atoms with Crippen LogP contribution < -0.4 is 0 Å². The topological polar surface area (TPSA) is 36.4 Å². The van der Waals surface area contributed by atoms with Gasteiger partial charge < -0.3 is 9.80 Å². The Morgan fingerprint density at radius 2 is 1.80 bits per heavy atom. The lowest BCUT2D eigenvalue weighted by molar-refractivity contribution is 0.103. The number of hydrogen-bond donors (Lipinski definition) is 0. The van der Waals surface area contributed by atoms with E-state index in [0.717, 1.165) is 46.4 Å². The zero-order valence-corrected chi connectivity index (χ0v) is 20.8. The molecular formula is C24H37N3OS2. The van der Waals surface area contributed by atoms with Gasteiger partial charge in [0.15, 0.2) is 0 Å². The van der Waals surface area contributed by atoms with Crippen LogP contribution in [0, 0.1) is 0 Å². The van der Waals surface area contributed by atoms with Gasteiger partial charge >= 0.3 is 0 Å². The molecule has 0 aromatic carbocycles. The minimum Gasteiger partial charge on any atom is -0.308 e. The molecule has 2 heterocycles. The average Bonchev–Trinajstić information content (AvgIpc) is 3.25. The molecule has 0 saturated heterocycles. The van der Waals surface area contributed by atoms with E-state index in [-0.39, 0.29) is 5.78 Å². The first-order chi connectivity index (χ1) is 14.4. The third-order valence-corrected chi connectivity index (χ3v) is 7.01. The van der Waals surface area contributed by atoms with Crippen LogP contribution in [-0.4, -0.2) is 67.1 Å². The molecule has 0 aliphatic carbocycles. The van der Waals surface area contributed by atoms with Gasteiger partial charge in [0.25, 0.3) is 0 Å². The maximum Gasteiger partial charge on any atom is 0.205 e. The van der Waals surface area contributed by atoms with Gasteiger partial charge in [-0.15, -0.1) is 23.1 Å². The van der Waals surface area contributed by atoms with Crippen molar-refractivity contribution >= 4 is 28.9 Å². The van der Waals surface area contributed by atoms with Crippen LogP contribution in [0.5, 0.6) is 0 Å². The van der Waals surface area contributed by atoms with Crippen molar-refractivity contribution in [2.24, 2.45) is 0 Å². The third kappa shape index (κ3) is 8.50. The van der Waals surface area contributed by atoms with Crippen molar-refractivity contribution in [2.75, 3.05) is 46.5 Å². The fourth-order valence-electron chi connectivity index (χ4n) is 3.09. The fraction of sp³-hybridized carbons (Fsp3) is 0.583. The summed E-state index contributed by atoms with van der Waals surface area (Å²) in [5, 5.41) is 2.84. The van der Waals surface area contributed by atoms with E-state index in [2.05, 4.69) is 44.8 Å². The Morgan fingerprint density at radius 3 is 2.47 bits per heavy atom. The lowest BCUT2D eigenvalue weighted by Gasteiger charge is -2.19. The number of pyridine rings is 1. The van der Waals surface area contributed by atoms with Crippen molar-refractivity contribution in [3.63, 3.8) is 0 Å². The summed E-state index contributed by atoms with van der Waals surface area (Å²) in [4.78, 5) is 23.2. The van der Waals surface area contributed by atoms with E-state index in [1.54, 1.807) is 11.8 Å². The van der Waals surface area contributed by atoms with Gasteiger partial charge in [0.2, 0.25) is 5.78 Å². The van der Waals surface area contributed by atoms with Crippen LogP contribution in [0.15, 0.2) is 34.7 Å². The van der Waals surface area contributed by atoms with Gasteiger partial charge in [-0.05, 0) is 75.8 Å². The van der Waals surface area contributed by atoms with Crippen molar-refractivity contribution in [1.82, 2.24) is 14.8 Å². The fourth-order valence-corrected chi connectivity index (χ4v) is 4.79. The number of ketones is 1. The van der Waals surface area contributed by atoms with E-state index in [1.165, 1.54) is 37.1 Å². The molecule has 0 amide bonds. The normalized spacial score (nSPS) is 11.7. The van der Waals surface area contributed by atoms with E-state index in [9.17, 15) is 4.79 Å². The van der Waals surface area contributed by atoms with Gasteiger partial charge in [-0.25, -0.2) is 4.98 Å². The first kappa shape index (κ1) is 25.1. The molecule has 0 saturated carbocycles. The van der Waals surface area contributed by atoms with Gasteiger partial charge in [-0.3, -0.25) is 4.79 Å². The van der Waals surface area contributed by atoms with Crippen molar-refractivity contribution in [1.29, 1.82) is 0 Å². The summed E-state index contributed by atoms with van der Waals surface area (Å²) < 4.78 is 0. The molecule has 0 bridgehead atoms. The highest BCUT2D eigenvalue weighted by atomic mass is 32.2. The highest BCUT2D eigenvalue weighted by Gasteiger charge is 2.17. The Hall–Kier alpha value is -1.21. The molecule has 30 heavy (non-hydrogen) atoms. The van der Waals surface area contributed by atoms with Crippen LogP contribution in [0.1, 0.15) is 66.4 Å². The molecule has 0 fully saturated rings. The Balaban J connectivity index is 1.81. The molecule has 0 unspecified atom stereocenters. The molecular weight excluding hydrogens is 410 g/mol. The lowest BCUT2D eigenvalue weighted by atomic mass is 10.1. The molecule has 6 heteroatoms. The second kappa shape index (κ2) is 13.3. The number of likely N-dealkylation sites (N-methyl/N-ethyl adjacent to an activating group) is 2. The van der Waals surface area contributed by atoms with Crippen LogP contribution in [0.4, 0.5) is 0 Å². The Labute approximate surface area is 191 Å². The number of aromatic nitrogens is 1. The Kier molecular flexibility index (Phi) is 11.1. The van der Waals surface area contributed by atoms with Crippen molar-refractivity contribution in [2.45, 2.75) is 50.5 Å². The number of hydrogen-bond acceptors (Lipinski definition) is 6. The zero-order chi connectivity index (χ0) is 21.9. The van der Waals surface area contributed by atoms with Gasteiger partial charge in [-0.1, -0.05) is 32.8 Å². The van der Waals surface area contributed by atoms with E-state index in [0.29, 0.717) is 5.92 Å². The quantitative estimate of drug-likeness (QED) is 0.213. The van der Waals surface area contributed by atoms with Crippen LogP contribution in [0.25, 0.3) is 0 Å². The van der Waals surface area contributed by atoms with Crippen molar-refractivity contribution < 1.29 is 4.79 Å². The van der Waals surface area contributed by atoms with Gasteiger partial charge in [0, 0.05) is 18.8 Å². The number of carbonyl (C=O) groups excluding carboxylic acids is 1. The first-order valence-electron chi connectivity index (χ1n) is 10.9. The standard InChI is InChI=1S/C24H37N3OS2/c1-19(2)21-13-12-20(23(28)22-11-10-18-29-22)24(25-21)30-17-9-7-6-8-14-27(5)16-15-26(3)4/h10-13,18-19H,6-9,14-17H2,1-5H3. The predicted molar refractivity (Wildman–Crippen MR) is 131 cm³/mol. The highest BCUT2D eigenvalue weighted by molar-refractivity contribution is 7.99. The highest BCUT2D eigenvalue weighted by Crippen LogP contribution is 2.28. The number of thiophene rings is 1. The summed E-state index contributed by atoms with van der Waals surface area (Å²) >= 11 is 3.23. The van der Waals surface area contributed by atoms with Crippen LogP contribution in [0.2, 0.25) is 0 Å². The molecule has 2 aromatic rings. The lowest BCUT2D eigenvalue weighted by Crippen LogP contribution is -2.29. The second-order valence-electron chi connectivity index (χ2n) is 8.42. The summed E-state index contributed by atoms with van der Waals surface area (Å²) in [5.74, 6) is 1.46. The minimum absolute atomic E-state index is 0.0936. The number of rotatable bonds is 14. The van der Waals surface area contributed by atoms with E-state index in [4.69, 9.17) is 4.98 Å². The van der Waals surface area contributed by atoms with E-state index >= 15 is 0 Å². The van der Waals surface area contributed by atoms with Gasteiger partial charge in [0.05, 0.1) is 10.4 Å². The summed E-state index contributed by atoms with van der Waals surface area (Å²) in [6.45, 7) is 7.70. The van der Waals surface area contributed by atoms with E-state index in [1.807, 2.05) is 29.6 Å². The zero-order valence-electron chi connectivity index (χ0n) is 19.2. The monoisotopic (exact) mass is 447 g/mol. The molecule has 0 aliphatic heterocycles. The van der Waals surface area contributed by atoms with Crippen LogP contribution >= 0.6 is 23.1 Å². The molecule has 0 radical (unpaired) electrons. The van der Waals surface area contributed by atoms with Crippen molar-refractivity contribution in [3.8, 4) is 0 Å². The molecule has 2 rings (SSSR count). The maximum absolute atomic E-state index is 12.9. The third-order valence-electron chi connectivity index (χ3n) is 5.06. The average molecular weight is 448 g/mol. The van der Waals surface area contributed by atoms with Crippen LogP contribution in [0.3, 0.4) is 0 Å². The first-order valence-corrected chi connectivity index (χ1v) is 12.8. The number of nitrogens with zero attached hydrogens (tertiary/aromatic N) is 3. The largest absolute Gasteiger partial charge is 0.308 e. The summed E-state index contributed by atoms with van der Waals surface area (Å²) in [7, 11) is 6.45. The van der Waals surface area contributed by atoms with Crippen molar-refractivity contribution in [3.05, 3.63) is 45.8 Å². The SMILES string of the molecule is CC(C)c1ccc(C(=O)c2cccs2)c(SCCCCCCN(C)CCN(C)C)n1. The molecule has 0 aliphatic rings. The number of carbonyl (C=O) groups is 1. The van der Waals surface area contributed by atoms with Gasteiger partial charge in [-0.2, -0.15) is 0 Å². The van der Waals surface area contributed by atoms with Gasteiger partial charge in [0.1, 0.15) is 5.03 Å².